The number of aromatic nitrogens is 1. The third-order valence-electron chi connectivity index (χ3n) is 5.93. The molecule has 1 aliphatic carbocycles. The summed E-state index contributed by atoms with van der Waals surface area (Å²) in [7, 11) is 0. The first-order valence-electron chi connectivity index (χ1n) is 9.58. The third-order valence-corrected chi connectivity index (χ3v) is 5.93. The van der Waals surface area contributed by atoms with E-state index in [0.29, 0.717) is 11.9 Å². The molecule has 0 spiro atoms. The van der Waals surface area contributed by atoms with E-state index in [1.165, 1.54) is 25.3 Å². The quantitative estimate of drug-likeness (QED) is 0.903. The SMILES string of the molecule is N[C@H]1CC[C@H](CCN2CCN(c3noc4ccc(F)c(F)c34)CC2)CC1. The van der Waals surface area contributed by atoms with Crippen molar-refractivity contribution >= 4 is 16.8 Å². The Kier molecular flexibility index (Phi) is 5.09. The lowest BCUT2D eigenvalue weighted by Crippen LogP contribution is -2.47. The molecule has 2 N–H and O–H groups in total. The van der Waals surface area contributed by atoms with Crippen LogP contribution in [0.3, 0.4) is 0 Å². The summed E-state index contributed by atoms with van der Waals surface area (Å²) in [6.45, 7) is 4.38. The molecule has 1 saturated heterocycles. The van der Waals surface area contributed by atoms with Gasteiger partial charge in [0.2, 0.25) is 0 Å². The van der Waals surface area contributed by atoms with Gasteiger partial charge in [-0.15, -0.1) is 0 Å². The molecular formula is C19H26F2N4O. The summed E-state index contributed by atoms with van der Waals surface area (Å²) in [5, 5.41) is 4.14. The second-order valence-corrected chi connectivity index (χ2v) is 7.64. The van der Waals surface area contributed by atoms with Crippen molar-refractivity contribution in [3.8, 4) is 0 Å². The number of fused-ring (bicyclic) bond motifs is 1. The zero-order chi connectivity index (χ0) is 18.1. The van der Waals surface area contributed by atoms with E-state index >= 15 is 0 Å². The Morgan fingerprint density at radius 1 is 1.08 bits per heavy atom. The van der Waals surface area contributed by atoms with Crippen LogP contribution in [-0.4, -0.2) is 48.8 Å². The standard InChI is InChI=1S/C19H26F2N4O/c20-15-5-6-16-17(18(15)21)19(23-26-16)25-11-9-24(10-12-25)8-7-13-1-3-14(22)4-2-13/h5-6,13-14H,1-4,7-12,22H2/t13-,14-. The largest absolute Gasteiger partial charge is 0.354 e. The van der Waals surface area contributed by atoms with Crippen LogP contribution < -0.4 is 10.6 Å². The van der Waals surface area contributed by atoms with Gasteiger partial charge in [0.1, 0.15) is 5.39 Å². The van der Waals surface area contributed by atoms with Crippen LogP contribution in [0, 0.1) is 17.6 Å². The van der Waals surface area contributed by atoms with Gasteiger partial charge in [0, 0.05) is 32.2 Å². The van der Waals surface area contributed by atoms with Gasteiger partial charge in [-0.2, -0.15) is 0 Å². The summed E-state index contributed by atoms with van der Waals surface area (Å²) in [5.41, 5.74) is 6.27. The second kappa shape index (κ2) is 7.48. The average Bonchev–Trinajstić information content (AvgIpc) is 3.09. The van der Waals surface area contributed by atoms with Crippen LogP contribution in [0.1, 0.15) is 32.1 Å². The first kappa shape index (κ1) is 17.7. The van der Waals surface area contributed by atoms with Gasteiger partial charge in [-0.1, -0.05) is 5.16 Å². The van der Waals surface area contributed by atoms with Gasteiger partial charge in [0.05, 0.1) is 0 Å². The van der Waals surface area contributed by atoms with Crippen molar-refractivity contribution in [3.63, 3.8) is 0 Å². The van der Waals surface area contributed by atoms with Gasteiger partial charge in [-0.05, 0) is 56.7 Å². The molecule has 2 aliphatic rings. The molecule has 0 radical (unpaired) electrons. The van der Waals surface area contributed by atoms with Crippen molar-refractivity contribution in [1.82, 2.24) is 10.1 Å². The smallest absolute Gasteiger partial charge is 0.183 e. The van der Waals surface area contributed by atoms with Gasteiger partial charge in [-0.25, -0.2) is 8.78 Å². The maximum absolute atomic E-state index is 14.2. The van der Waals surface area contributed by atoms with Crippen LogP contribution in [0.25, 0.3) is 11.0 Å². The molecule has 1 aromatic carbocycles. The Balaban J connectivity index is 1.33. The number of hydrogen-bond donors (Lipinski definition) is 1. The summed E-state index contributed by atoms with van der Waals surface area (Å²) in [6, 6.07) is 2.90. The van der Waals surface area contributed by atoms with Crippen molar-refractivity contribution in [2.75, 3.05) is 37.6 Å². The Labute approximate surface area is 152 Å². The molecule has 142 valence electrons. The van der Waals surface area contributed by atoms with E-state index in [0.717, 1.165) is 57.5 Å². The lowest BCUT2D eigenvalue weighted by molar-refractivity contribution is 0.216. The summed E-state index contributed by atoms with van der Waals surface area (Å²) < 4.78 is 32.9. The highest BCUT2D eigenvalue weighted by molar-refractivity contribution is 5.89. The topological polar surface area (TPSA) is 58.5 Å². The molecule has 2 aromatic rings. The van der Waals surface area contributed by atoms with Crippen LogP contribution in [0.15, 0.2) is 16.7 Å². The lowest BCUT2D eigenvalue weighted by atomic mass is 9.84. The van der Waals surface area contributed by atoms with E-state index in [1.807, 2.05) is 4.90 Å². The fourth-order valence-corrected chi connectivity index (χ4v) is 4.20. The zero-order valence-corrected chi connectivity index (χ0v) is 15.0. The Morgan fingerprint density at radius 2 is 1.81 bits per heavy atom. The van der Waals surface area contributed by atoms with Gasteiger partial charge >= 0.3 is 0 Å². The minimum atomic E-state index is -0.878. The number of nitrogens with two attached hydrogens (primary N) is 1. The molecule has 0 bridgehead atoms. The second-order valence-electron chi connectivity index (χ2n) is 7.64. The van der Waals surface area contributed by atoms with E-state index in [9.17, 15) is 8.78 Å². The lowest BCUT2D eigenvalue weighted by Gasteiger charge is -2.36. The van der Waals surface area contributed by atoms with Crippen LogP contribution in [0.4, 0.5) is 14.6 Å². The molecule has 26 heavy (non-hydrogen) atoms. The van der Waals surface area contributed by atoms with Crippen molar-refractivity contribution < 1.29 is 13.3 Å². The van der Waals surface area contributed by atoms with Gasteiger partial charge in [-0.3, -0.25) is 4.90 Å². The fourth-order valence-electron chi connectivity index (χ4n) is 4.20. The number of piperazine rings is 1. The summed E-state index contributed by atoms with van der Waals surface area (Å²) in [6.07, 6.45) is 6.02. The molecule has 5 nitrogen and oxygen atoms in total. The van der Waals surface area contributed by atoms with Gasteiger partial charge < -0.3 is 15.2 Å². The first-order valence-corrected chi connectivity index (χ1v) is 9.58. The van der Waals surface area contributed by atoms with Crippen molar-refractivity contribution in [3.05, 3.63) is 23.8 Å². The predicted molar refractivity (Wildman–Crippen MR) is 97.1 cm³/mol. The van der Waals surface area contributed by atoms with E-state index in [2.05, 4.69) is 10.1 Å². The summed E-state index contributed by atoms with van der Waals surface area (Å²) in [5.74, 6) is -0.535. The van der Waals surface area contributed by atoms with E-state index in [1.54, 1.807) is 0 Å². The molecule has 2 heterocycles. The number of halogens is 2. The van der Waals surface area contributed by atoms with Crippen LogP contribution >= 0.6 is 0 Å². The van der Waals surface area contributed by atoms with Crippen LogP contribution in [0.2, 0.25) is 0 Å². The normalized spacial score (nSPS) is 25.1. The first-order chi connectivity index (χ1) is 12.6. The molecule has 1 aromatic heterocycles. The van der Waals surface area contributed by atoms with Crippen molar-refractivity contribution in [2.24, 2.45) is 11.7 Å². The van der Waals surface area contributed by atoms with Gasteiger partial charge in [0.15, 0.2) is 23.0 Å². The third kappa shape index (κ3) is 3.55. The molecular weight excluding hydrogens is 338 g/mol. The molecule has 1 aliphatic heterocycles. The fraction of sp³-hybridized carbons (Fsp3) is 0.632. The molecule has 2 fully saturated rings. The molecule has 1 saturated carbocycles. The zero-order valence-electron chi connectivity index (χ0n) is 15.0. The Morgan fingerprint density at radius 3 is 2.54 bits per heavy atom. The van der Waals surface area contributed by atoms with E-state index in [-0.39, 0.29) is 11.0 Å². The highest BCUT2D eigenvalue weighted by Crippen LogP contribution is 2.31. The van der Waals surface area contributed by atoms with E-state index in [4.69, 9.17) is 10.3 Å². The number of nitrogens with zero attached hydrogens (tertiary/aromatic N) is 3. The van der Waals surface area contributed by atoms with Crippen molar-refractivity contribution in [2.45, 2.75) is 38.1 Å². The maximum atomic E-state index is 14.2. The monoisotopic (exact) mass is 364 g/mol. The Hall–Kier alpha value is -1.73. The summed E-state index contributed by atoms with van der Waals surface area (Å²) >= 11 is 0. The maximum Gasteiger partial charge on any atom is 0.183 e. The average molecular weight is 364 g/mol. The minimum Gasteiger partial charge on any atom is -0.354 e. The molecule has 0 unspecified atom stereocenters. The molecule has 4 rings (SSSR count). The number of anilines is 1. The molecule has 7 heteroatoms. The molecule has 0 atom stereocenters. The number of rotatable bonds is 4. The molecule has 0 amide bonds. The van der Waals surface area contributed by atoms with E-state index < -0.39 is 11.6 Å². The highest BCUT2D eigenvalue weighted by atomic mass is 19.2. The van der Waals surface area contributed by atoms with Crippen molar-refractivity contribution in [1.29, 1.82) is 0 Å². The Bertz CT molecular complexity index is 749. The minimum absolute atomic E-state index is 0.150. The van der Waals surface area contributed by atoms with Crippen LogP contribution in [-0.2, 0) is 0 Å². The predicted octanol–water partition coefficient (Wildman–Crippen LogP) is 3.14. The van der Waals surface area contributed by atoms with Gasteiger partial charge in [0.25, 0.3) is 0 Å². The highest BCUT2D eigenvalue weighted by Gasteiger charge is 2.25. The van der Waals surface area contributed by atoms with Crippen LogP contribution in [0.5, 0.6) is 0 Å². The summed E-state index contributed by atoms with van der Waals surface area (Å²) in [4.78, 5) is 4.44. The number of benzene rings is 1. The number of hydrogen-bond acceptors (Lipinski definition) is 5.